The second kappa shape index (κ2) is 6.52. The first kappa shape index (κ1) is 13.8. The summed E-state index contributed by atoms with van der Waals surface area (Å²) < 4.78 is 0. The number of nitrogens with zero attached hydrogens (tertiary/aromatic N) is 2. The lowest BCUT2D eigenvalue weighted by Crippen LogP contribution is -2.24. The van der Waals surface area contributed by atoms with Gasteiger partial charge in [-0.1, -0.05) is 0 Å². The molecule has 1 aliphatic heterocycles. The first-order chi connectivity index (χ1) is 9.16. The van der Waals surface area contributed by atoms with Crippen molar-refractivity contribution in [3.8, 4) is 0 Å². The van der Waals surface area contributed by atoms with Crippen LogP contribution in [0.3, 0.4) is 0 Å². The number of carbonyl (C=O) groups is 1. The van der Waals surface area contributed by atoms with Crippen LogP contribution in [0.4, 0.5) is 5.82 Å². The number of aromatic nitrogens is 1. The van der Waals surface area contributed by atoms with Gasteiger partial charge in [0.15, 0.2) is 0 Å². The molecule has 5 heteroatoms. The van der Waals surface area contributed by atoms with Gasteiger partial charge in [-0.2, -0.15) is 0 Å². The minimum absolute atomic E-state index is 0.0193. The topological polar surface area (TPSA) is 57.3 Å². The molecule has 5 nitrogen and oxygen atoms in total. The normalized spacial score (nSPS) is 18.3. The highest BCUT2D eigenvalue weighted by Gasteiger charge is 2.13. The van der Waals surface area contributed by atoms with Crippen molar-refractivity contribution in [3.63, 3.8) is 0 Å². The Balaban J connectivity index is 1.79. The Morgan fingerprint density at radius 1 is 1.53 bits per heavy atom. The molecule has 2 heterocycles. The summed E-state index contributed by atoms with van der Waals surface area (Å²) >= 11 is 0. The quantitative estimate of drug-likeness (QED) is 0.840. The van der Waals surface area contributed by atoms with Gasteiger partial charge in [0.2, 0.25) is 0 Å². The molecule has 1 aliphatic rings. The van der Waals surface area contributed by atoms with E-state index in [4.69, 9.17) is 0 Å². The van der Waals surface area contributed by atoms with E-state index < -0.39 is 0 Å². The molecule has 0 aromatic carbocycles. The summed E-state index contributed by atoms with van der Waals surface area (Å²) in [5.74, 6) is 0.808. The highest BCUT2D eigenvalue weighted by Crippen LogP contribution is 2.10. The molecule has 1 atom stereocenters. The number of anilines is 1. The molecule has 19 heavy (non-hydrogen) atoms. The zero-order valence-corrected chi connectivity index (χ0v) is 11.6. The Morgan fingerprint density at radius 3 is 2.95 bits per heavy atom. The van der Waals surface area contributed by atoms with E-state index in [1.165, 1.54) is 12.8 Å². The predicted octanol–water partition coefficient (Wildman–Crippen LogP) is 1.34. The van der Waals surface area contributed by atoms with Crippen molar-refractivity contribution in [2.45, 2.75) is 25.3 Å². The summed E-state index contributed by atoms with van der Waals surface area (Å²) in [5.41, 5.74) is 0.619. The second-order valence-electron chi connectivity index (χ2n) is 5.14. The fourth-order valence-corrected chi connectivity index (χ4v) is 2.26. The van der Waals surface area contributed by atoms with E-state index in [9.17, 15) is 4.79 Å². The molecule has 0 saturated carbocycles. The van der Waals surface area contributed by atoms with Gasteiger partial charge in [-0.15, -0.1) is 0 Å². The smallest absolute Gasteiger partial charge is 0.254 e. The molecule has 1 fully saturated rings. The summed E-state index contributed by atoms with van der Waals surface area (Å²) in [6.07, 6.45) is 5.29. The number of rotatable bonds is 5. The largest absolute Gasteiger partial charge is 0.370 e. The minimum atomic E-state index is -0.0193. The Morgan fingerprint density at radius 2 is 2.37 bits per heavy atom. The summed E-state index contributed by atoms with van der Waals surface area (Å²) in [5, 5.41) is 6.76. The van der Waals surface area contributed by atoms with Crippen LogP contribution in [0.1, 0.15) is 29.6 Å². The van der Waals surface area contributed by atoms with Gasteiger partial charge >= 0.3 is 0 Å². The molecule has 104 valence electrons. The van der Waals surface area contributed by atoms with Crippen LogP contribution >= 0.6 is 0 Å². The van der Waals surface area contributed by atoms with Crippen LogP contribution in [0.5, 0.6) is 0 Å². The van der Waals surface area contributed by atoms with Crippen molar-refractivity contribution in [1.29, 1.82) is 0 Å². The third-order valence-electron chi connectivity index (χ3n) is 3.38. The van der Waals surface area contributed by atoms with Gasteiger partial charge in [-0.05, 0) is 37.9 Å². The Labute approximate surface area is 114 Å². The molecule has 0 spiro atoms. The van der Waals surface area contributed by atoms with Crippen LogP contribution in [0.25, 0.3) is 0 Å². The highest BCUT2D eigenvalue weighted by molar-refractivity contribution is 5.93. The van der Waals surface area contributed by atoms with Crippen molar-refractivity contribution in [1.82, 2.24) is 15.2 Å². The maximum absolute atomic E-state index is 11.7. The Bertz CT molecular complexity index is 410. The molecule has 0 bridgehead atoms. The third kappa shape index (κ3) is 3.92. The molecule has 1 aromatic heterocycles. The Hall–Kier alpha value is -1.62. The minimum Gasteiger partial charge on any atom is -0.370 e. The van der Waals surface area contributed by atoms with Crippen LogP contribution in [-0.4, -0.2) is 49.0 Å². The van der Waals surface area contributed by atoms with Crippen molar-refractivity contribution < 1.29 is 4.79 Å². The number of carbonyl (C=O) groups excluding carboxylic acids is 1. The average molecular weight is 262 g/mol. The summed E-state index contributed by atoms with van der Waals surface area (Å²) in [7, 11) is 3.48. The predicted molar refractivity (Wildman–Crippen MR) is 76.4 cm³/mol. The lowest BCUT2D eigenvalue weighted by atomic mass is 10.1. The van der Waals surface area contributed by atoms with Crippen LogP contribution in [-0.2, 0) is 0 Å². The third-order valence-corrected chi connectivity index (χ3v) is 3.38. The number of hydrogen-bond acceptors (Lipinski definition) is 4. The highest BCUT2D eigenvalue weighted by atomic mass is 16.2. The van der Waals surface area contributed by atoms with Gasteiger partial charge in [0.1, 0.15) is 5.82 Å². The van der Waals surface area contributed by atoms with Gasteiger partial charge < -0.3 is 15.5 Å². The summed E-state index contributed by atoms with van der Waals surface area (Å²) in [6.45, 7) is 2.05. The summed E-state index contributed by atoms with van der Waals surface area (Å²) in [6, 6.07) is 4.31. The maximum atomic E-state index is 11.7. The molecule has 0 aliphatic carbocycles. The van der Waals surface area contributed by atoms with Crippen LogP contribution < -0.4 is 10.6 Å². The van der Waals surface area contributed by atoms with E-state index >= 15 is 0 Å². The first-order valence-corrected chi connectivity index (χ1v) is 6.82. The Kier molecular flexibility index (Phi) is 4.74. The number of nitrogens with one attached hydrogen (secondary N) is 2. The van der Waals surface area contributed by atoms with Gasteiger partial charge in [0, 0.05) is 32.9 Å². The zero-order valence-electron chi connectivity index (χ0n) is 11.6. The summed E-state index contributed by atoms with van der Waals surface area (Å²) in [4.78, 5) is 17.5. The number of hydrogen-bond donors (Lipinski definition) is 2. The van der Waals surface area contributed by atoms with E-state index in [1.54, 1.807) is 25.2 Å². The fourth-order valence-electron chi connectivity index (χ4n) is 2.26. The lowest BCUT2D eigenvalue weighted by Gasteiger charge is -2.12. The van der Waals surface area contributed by atoms with E-state index in [0.717, 1.165) is 25.3 Å². The maximum Gasteiger partial charge on any atom is 0.254 e. The molecule has 1 aromatic rings. The fraction of sp³-hybridized carbons (Fsp3) is 0.571. The second-order valence-corrected chi connectivity index (χ2v) is 5.14. The van der Waals surface area contributed by atoms with Crippen LogP contribution in [0.15, 0.2) is 18.3 Å². The average Bonchev–Trinajstić information content (AvgIpc) is 2.92. The van der Waals surface area contributed by atoms with Gasteiger partial charge in [-0.25, -0.2) is 4.98 Å². The number of amides is 1. The molecule has 2 N–H and O–H groups in total. The monoisotopic (exact) mass is 262 g/mol. The van der Waals surface area contributed by atoms with Gasteiger partial charge in [0.25, 0.3) is 5.91 Å². The number of pyridine rings is 1. The molecule has 2 rings (SSSR count). The molecule has 1 saturated heterocycles. The molecule has 0 unspecified atom stereocenters. The van der Waals surface area contributed by atoms with E-state index in [-0.39, 0.29) is 5.91 Å². The first-order valence-electron chi connectivity index (χ1n) is 6.82. The van der Waals surface area contributed by atoms with Crippen LogP contribution in [0, 0.1) is 0 Å². The van der Waals surface area contributed by atoms with E-state index in [0.29, 0.717) is 11.6 Å². The molecule has 1 amide bonds. The van der Waals surface area contributed by atoms with Gasteiger partial charge in [-0.3, -0.25) is 4.79 Å². The lowest BCUT2D eigenvalue weighted by molar-refractivity contribution is 0.0827. The standard InChI is InChI=1S/C14H22N4O/c1-18(2)14(19)11-5-6-13(17-10-11)16-9-7-12-4-3-8-15-12/h5-6,10,12,15H,3-4,7-9H2,1-2H3,(H,16,17)/t12-/m1/s1. The van der Waals surface area contributed by atoms with Gasteiger partial charge in [0.05, 0.1) is 5.56 Å². The van der Waals surface area contributed by atoms with Crippen molar-refractivity contribution in [3.05, 3.63) is 23.9 Å². The van der Waals surface area contributed by atoms with Crippen molar-refractivity contribution >= 4 is 11.7 Å². The van der Waals surface area contributed by atoms with Crippen molar-refractivity contribution in [2.75, 3.05) is 32.5 Å². The molecular weight excluding hydrogens is 240 g/mol. The van der Waals surface area contributed by atoms with Crippen LogP contribution in [0.2, 0.25) is 0 Å². The zero-order chi connectivity index (χ0) is 13.7. The SMILES string of the molecule is CN(C)C(=O)c1ccc(NCC[C@H]2CCCN2)nc1. The molecular formula is C14H22N4O. The van der Waals surface area contributed by atoms with E-state index in [2.05, 4.69) is 15.6 Å². The molecule has 0 radical (unpaired) electrons. The van der Waals surface area contributed by atoms with Crippen molar-refractivity contribution in [2.24, 2.45) is 0 Å². The van der Waals surface area contributed by atoms with E-state index in [1.807, 2.05) is 12.1 Å².